The van der Waals surface area contributed by atoms with Crippen molar-refractivity contribution in [1.82, 2.24) is 15.2 Å². The molecule has 1 saturated heterocycles. The summed E-state index contributed by atoms with van der Waals surface area (Å²) in [5, 5.41) is 9.17. The maximum atomic E-state index is 12.5. The van der Waals surface area contributed by atoms with E-state index in [2.05, 4.69) is 26.1 Å². The fourth-order valence-corrected chi connectivity index (χ4v) is 3.58. The summed E-state index contributed by atoms with van der Waals surface area (Å²) in [5.74, 6) is 1.29. The lowest BCUT2D eigenvalue weighted by Crippen LogP contribution is -2.47. The van der Waals surface area contributed by atoms with Crippen molar-refractivity contribution >= 4 is 23.2 Å². The zero-order valence-corrected chi connectivity index (χ0v) is 16.9. The number of piperazine rings is 1. The second-order valence-corrected chi connectivity index (χ2v) is 7.34. The fourth-order valence-electron chi connectivity index (χ4n) is 3.40. The first kappa shape index (κ1) is 19.3. The average Bonchev–Trinajstić information content (AvgIpc) is 2.76. The van der Waals surface area contributed by atoms with Gasteiger partial charge in [-0.3, -0.25) is 9.78 Å². The monoisotopic (exact) mass is 411 g/mol. The van der Waals surface area contributed by atoms with Gasteiger partial charge in [-0.05, 0) is 35.9 Å². The van der Waals surface area contributed by atoms with Gasteiger partial charge in [-0.15, -0.1) is 10.2 Å². The number of hydrogen-bond donors (Lipinski definition) is 1. The number of hydrogen-bond acceptors (Lipinski definition) is 6. The molecule has 8 heteroatoms. The predicted molar refractivity (Wildman–Crippen MR) is 114 cm³/mol. The summed E-state index contributed by atoms with van der Waals surface area (Å²) < 4.78 is 5.16. The predicted octanol–water partition coefficient (Wildman–Crippen LogP) is 2.74. The molecule has 0 spiro atoms. The second kappa shape index (κ2) is 8.53. The van der Waals surface area contributed by atoms with E-state index < -0.39 is 0 Å². The van der Waals surface area contributed by atoms with E-state index in [1.165, 1.54) is 0 Å². The molecule has 0 aliphatic carbocycles. The zero-order chi connectivity index (χ0) is 20.2. The minimum absolute atomic E-state index is 0.205. The number of rotatable bonds is 5. The van der Waals surface area contributed by atoms with E-state index in [-0.39, 0.29) is 5.56 Å². The number of anilines is 2. The van der Waals surface area contributed by atoms with E-state index >= 15 is 0 Å². The molecule has 3 aromatic rings. The van der Waals surface area contributed by atoms with Crippen molar-refractivity contribution in [1.29, 1.82) is 0 Å². The van der Waals surface area contributed by atoms with E-state index in [0.717, 1.165) is 48.2 Å². The lowest BCUT2D eigenvalue weighted by atomic mass is 10.1. The standard InChI is InChI=1S/C21H22ClN5O2/c1-29-18-7-5-15(6-8-18)13-19-20(28)23-21(25-24-19)27-11-9-26(10-12-27)17-4-2-3-16(22)14-17/h2-8,14H,9-13H2,1H3,(H,23,25,28). The van der Waals surface area contributed by atoms with Crippen LogP contribution in [0.4, 0.5) is 11.6 Å². The highest BCUT2D eigenvalue weighted by Crippen LogP contribution is 2.21. The van der Waals surface area contributed by atoms with Crippen LogP contribution >= 0.6 is 11.6 Å². The molecule has 0 radical (unpaired) electrons. The Balaban J connectivity index is 1.41. The molecule has 1 aliphatic heterocycles. The number of benzene rings is 2. The minimum atomic E-state index is -0.205. The van der Waals surface area contributed by atoms with Crippen molar-refractivity contribution in [3.63, 3.8) is 0 Å². The molecule has 0 saturated carbocycles. The number of H-pyrrole nitrogens is 1. The van der Waals surface area contributed by atoms with Gasteiger partial charge in [0.1, 0.15) is 11.4 Å². The van der Waals surface area contributed by atoms with Crippen molar-refractivity contribution in [2.45, 2.75) is 6.42 Å². The third-order valence-electron chi connectivity index (χ3n) is 5.04. The molecule has 7 nitrogen and oxygen atoms in total. The molecule has 0 unspecified atom stereocenters. The summed E-state index contributed by atoms with van der Waals surface area (Å²) in [6.07, 6.45) is 0.426. The molecule has 29 heavy (non-hydrogen) atoms. The number of ether oxygens (including phenoxy) is 1. The molecule has 1 fully saturated rings. The van der Waals surface area contributed by atoms with Crippen LogP contribution in [-0.4, -0.2) is 48.5 Å². The average molecular weight is 412 g/mol. The smallest absolute Gasteiger partial charge is 0.274 e. The molecule has 1 N–H and O–H groups in total. The Morgan fingerprint density at radius 3 is 2.41 bits per heavy atom. The largest absolute Gasteiger partial charge is 0.497 e. The summed E-state index contributed by atoms with van der Waals surface area (Å²) in [6.45, 7) is 3.12. The van der Waals surface area contributed by atoms with Gasteiger partial charge in [0.2, 0.25) is 5.95 Å². The number of aromatic nitrogens is 3. The molecule has 2 aromatic carbocycles. The SMILES string of the molecule is COc1ccc(Cc2nnc(N3CCN(c4cccc(Cl)c4)CC3)[nH]c2=O)cc1. The van der Waals surface area contributed by atoms with Crippen LogP contribution in [0.1, 0.15) is 11.3 Å². The summed E-state index contributed by atoms with van der Waals surface area (Å²) in [6, 6.07) is 15.4. The maximum Gasteiger partial charge on any atom is 0.274 e. The highest BCUT2D eigenvalue weighted by atomic mass is 35.5. The van der Waals surface area contributed by atoms with Crippen LogP contribution in [0.15, 0.2) is 53.3 Å². The molecule has 1 aliphatic rings. The van der Waals surface area contributed by atoms with Crippen LogP contribution in [0.25, 0.3) is 0 Å². The molecule has 150 valence electrons. The number of nitrogens with zero attached hydrogens (tertiary/aromatic N) is 4. The first-order valence-corrected chi connectivity index (χ1v) is 9.84. The minimum Gasteiger partial charge on any atom is -0.497 e. The molecular formula is C21H22ClN5O2. The van der Waals surface area contributed by atoms with Gasteiger partial charge in [0.25, 0.3) is 5.56 Å². The van der Waals surface area contributed by atoms with Gasteiger partial charge in [-0.2, -0.15) is 0 Å². The fraction of sp³-hybridized carbons (Fsp3) is 0.286. The van der Waals surface area contributed by atoms with Gasteiger partial charge in [-0.25, -0.2) is 0 Å². The van der Waals surface area contributed by atoms with Crippen LogP contribution in [-0.2, 0) is 6.42 Å². The molecule has 0 amide bonds. The van der Waals surface area contributed by atoms with Crippen molar-refractivity contribution < 1.29 is 4.74 Å². The second-order valence-electron chi connectivity index (χ2n) is 6.90. The quantitative estimate of drug-likeness (QED) is 0.695. The molecule has 2 heterocycles. The Labute approximate surface area is 173 Å². The van der Waals surface area contributed by atoms with E-state index in [9.17, 15) is 4.79 Å². The van der Waals surface area contributed by atoms with Crippen LogP contribution in [0, 0.1) is 0 Å². The van der Waals surface area contributed by atoms with Crippen LogP contribution in [0.2, 0.25) is 5.02 Å². The Morgan fingerprint density at radius 1 is 1.03 bits per heavy atom. The highest BCUT2D eigenvalue weighted by Gasteiger charge is 2.20. The van der Waals surface area contributed by atoms with Crippen molar-refractivity contribution in [2.24, 2.45) is 0 Å². The van der Waals surface area contributed by atoms with E-state index in [1.807, 2.05) is 47.4 Å². The van der Waals surface area contributed by atoms with Gasteiger partial charge >= 0.3 is 0 Å². The van der Waals surface area contributed by atoms with Crippen molar-refractivity contribution in [2.75, 3.05) is 43.1 Å². The number of halogens is 1. The summed E-state index contributed by atoms with van der Waals surface area (Å²) in [4.78, 5) is 19.7. The van der Waals surface area contributed by atoms with E-state index in [0.29, 0.717) is 18.1 Å². The Kier molecular flexibility index (Phi) is 5.67. The number of nitrogens with one attached hydrogen (secondary N) is 1. The maximum absolute atomic E-state index is 12.5. The number of aromatic amines is 1. The summed E-state index contributed by atoms with van der Waals surface area (Å²) in [5.41, 5.74) is 2.28. The molecule has 1 aromatic heterocycles. The normalized spacial score (nSPS) is 14.1. The first-order valence-electron chi connectivity index (χ1n) is 9.46. The van der Waals surface area contributed by atoms with Gasteiger partial charge in [0.15, 0.2) is 0 Å². The zero-order valence-electron chi connectivity index (χ0n) is 16.1. The summed E-state index contributed by atoms with van der Waals surface area (Å²) in [7, 11) is 1.62. The lowest BCUT2D eigenvalue weighted by Gasteiger charge is -2.36. The molecule has 0 atom stereocenters. The Morgan fingerprint density at radius 2 is 1.76 bits per heavy atom. The third kappa shape index (κ3) is 4.51. The van der Waals surface area contributed by atoms with Crippen molar-refractivity contribution in [3.8, 4) is 5.75 Å². The van der Waals surface area contributed by atoms with Crippen LogP contribution in [0.5, 0.6) is 5.75 Å². The van der Waals surface area contributed by atoms with Gasteiger partial charge in [0, 0.05) is 43.3 Å². The first-order chi connectivity index (χ1) is 14.1. The molecule has 0 bridgehead atoms. The molecular weight excluding hydrogens is 390 g/mol. The van der Waals surface area contributed by atoms with Crippen LogP contribution in [0.3, 0.4) is 0 Å². The summed E-state index contributed by atoms with van der Waals surface area (Å²) >= 11 is 6.09. The van der Waals surface area contributed by atoms with Gasteiger partial charge in [-0.1, -0.05) is 29.8 Å². The van der Waals surface area contributed by atoms with E-state index in [1.54, 1.807) is 7.11 Å². The van der Waals surface area contributed by atoms with Crippen molar-refractivity contribution in [3.05, 3.63) is 75.2 Å². The third-order valence-corrected chi connectivity index (χ3v) is 5.27. The Bertz CT molecular complexity index is 1030. The van der Waals surface area contributed by atoms with Gasteiger partial charge in [0.05, 0.1) is 7.11 Å². The number of methoxy groups -OCH3 is 1. The molecule has 4 rings (SSSR count). The van der Waals surface area contributed by atoms with Crippen LogP contribution < -0.4 is 20.1 Å². The van der Waals surface area contributed by atoms with Gasteiger partial charge < -0.3 is 14.5 Å². The topological polar surface area (TPSA) is 74.4 Å². The lowest BCUT2D eigenvalue weighted by molar-refractivity contribution is 0.414. The Hall–Kier alpha value is -3.06. The van der Waals surface area contributed by atoms with E-state index in [4.69, 9.17) is 16.3 Å². The highest BCUT2D eigenvalue weighted by molar-refractivity contribution is 6.30.